The normalized spacial score (nSPS) is 14.2. The van der Waals surface area contributed by atoms with Crippen LogP contribution in [-0.2, 0) is 14.2 Å². The van der Waals surface area contributed by atoms with E-state index in [1.54, 1.807) is 14.0 Å². The molecule has 0 saturated carbocycles. The van der Waals surface area contributed by atoms with Gasteiger partial charge in [0.25, 0.3) is 0 Å². The highest BCUT2D eigenvalue weighted by Crippen LogP contribution is 2.04. The second kappa shape index (κ2) is 9.46. The minimum absolute atomic E-state index is 0.118. The maximum atomic E-state index is 11.2. The van der Waals surface area contributed by atoms with Crippen LogP contribution in [0.4, 0.5) is 4.79 Å². The van der Waals surface area contributed by atoms with Crippen LogP contribution in [0.15, 0.2) is 0 Å². The second-order valence-corrected chi connectivity index (χ2v) is 3.92. The maximum Gasteiger partial charge on any atom is 0.508 e. The smallest absolute Gasteiger partial charge is 0.434 e. The fraction of sp³-hybridized carbons (Fsp3) is 0.917. The molecule has 16 heavy (non-hydrogen) atoms. The highest BCUT2D eigenvalue weighted by Gasteiger charge is 2.16. The van der Waals surface area contributed by atoms with Crippen LogP contribution in [0.2, 0.25) is 0 Å². The highest BCUT2D eigenvalue weighted by molar-refractivity contribution is 5.60. The minimum atomic E-state index is -0.604. The van der Waals surface area contributed by atoms with Crippen LogP contribution in [0.1, 0.15) is 46.5 Å². The molecule has 4 heteroatoms. The van der Waals surface area contributed by atoms with Crippen LogP contribution in [0, 0.1) is 0 Å². The van der Waals surface area contributed by atoms with Gasteiger partial charge < -0.3 is 14.2 Å². The molecule has 4 nitrogen and oxygen atoms in total. The van der Waals surface area contributed by atoms with Crippen molar-refractivity contribution in [3.8, 4) is 0 Å². The first kappa shape index (κ1) is 15.2. The molecule has 0 aromatic rings. The zero-order chi connectivity index (χ0) is 12.4. The maximum absolute atomic E-state index is 11.2. The lowest BCUT2D eigenvalue weighted by molar-refractivity contribution is -0.0331. The molecule has 0 aliphatic carbocycles. The first-order valence-electron chi connectivity index (χ1n) is 5.98. The van der Waals surface area contributed by atoms with Crippen LogP contribution in [0.5, 0.6) is 0 Å². The van der Waals surface area contributed by atoms with Crippen molar-refractivity contribution in [2.75, 3.05) is 13.7 Å². The van der Waals surface area contributed by atoms with E-state index in [2.05, 4.69) is 6.92 Å². The Bertz CT molecular complexity index is 182. The third-order valence-corrected chi connectivity index (χ3v) is 2.53. The van der Waals surface area contributed by atoms with E-state index in [0.717, 1.165) is 12.8 Å². The Labute approximate surface area is 98.3 Å². The van der Waals surface area contributed by atoms with Crippen molar-refractivity contribution >= 4 is 6.16 Å². The summed E-state index contributed by atoms with van der Waals surface area (Å²) >= 11 is 0. The molecule has 0 aromatic carbocycles. The van der Waals surface area contributed by atoms with E-state index in [9.17, 15) is 4.79 Å². The Kier molecular flexibility index (Phi) is 9.00. The van der Waals surface area contributed by atoms with Crippen molar-refractivity contribution in [3.63, 3.8) is 0 Å². The molecule has 0 aliphatic heterocycles. The predicted octanol–water partition coefficient (Wildman–Crippen LogP) is 3.14. The monoisotopic (exact) mass is 232 g/mol. The van der Waals surface area contributed by atoms with Crippen molar-refractivity contribution in [2.45, 2.75) is 58.7 Å². The molecule has 2 atom stereocenters. The summed E-state index contributed by atoms with van der Waals surface area (Å²) < 4.78 is 15.0. The first-order valence-corrected chi connectivity index (χ1v) is 5.98. The van der Waals surface area contributed by atoms with E-state index < -0.39 is 6.16 Å². The molecule has 96 valence electrons. The van der Waals surface area contributed by atoms with Crippen LogP contribution in [0.25, 0.3) is 0 Å². The number of methoxy groups -OCH3 is 1. The average molecular weight is 232 g/mol. The zero-order valence-electron chi connectivity index (χ0n) is 10.8. The third kappa shape index (κ3) is 7.51. The van der Waals surface area contributed by atoms with Gasteiger partial charge in [-0.1, -0.05) is 26.2 Å². The number of carbonyl (C=O) groups excluding carboxylic acids is 1. The molecule has 0 bridgehead atoms. The van der Waals surface area contributed by atoms with Gasteiger partial charge in [0.2, 0.25) is 0 Å². The molecular formula is C12H24O4. The van der Waals surface area contributed by atoms with Gasteiger partial charge in [0, 0.05) is 7.11 Å². The standard InChI is InChI=1S/C12H24O4/c1-5-6-7-8-9-15-12(13)16-11(3)10(2)14-4/h10-11H,5-9H2,1-4H3. The van der Waals surface area contributed by atoms with E-state index in [1.807, 2.05) is 6.92 Å². The van der Waals surface area contributed by atoms with Crippen LogP contribution >= 0.6 is 0 Å². The summed E-state index contributed by atoms with van der Waals surface area (Å²) in [5.74, 6) is 0. The van der Waals surface area contributed by atoms with E-state index in [0.29, 0.717) is 6.61 Å². The van der Waals surface area contributed by atoms with Gasteiger partial charge in [0.1, 0.15) is 6.10 Å². The Balaban J connectivity index is 3.51. The van der Waals surface area contributed by atoms with Crippen molar-refractivity contribution in [1.29, 1.82) is 0 Å². The van der Waals surface area contributed by atoms with Gasteiger partial charge >= 0.3 is 6.16 Å². The molecule has 0 heterocycles. The van der Waals surface area contributed by atoms with Gasteiger partial charge in [0.05, 0.1) is 12.7 Å². The Hall–Kier alpha value is -0.770. The van der Waals surface area contributed by atoms with Gasteiger partial charge in [-0.05, 0) is 20.3 Å². The predicted molar refractivity (Wildman–Crippen MR) is 62.5 cm³/mol. The SMILES string of the molecule is CCCCCCOC(=O)OC(C)C(C)OC. The molecule has 0 saturated heterocycles. The van der Waals surface area contributed by atoms with Gasteiger partial charge in [0.15, 0.2) is 0 Å². The van der Waals surface area contributed by atoms with Crippen LogP contribution in [-0.4, -0.2) is 32.1 Å². The van der Waals surface area contributed by atoms with Gasteiger partial charge in [-0.3, -0.25) is 0 Å². The Morgan fingerprint density at radius 3 is 2.38 bits per heavy atom. The fourth-order valence-corrected chi connectivity index (χ4v) is 1.16. The molecule has 0 amide bonds. The lowest BCUT2D eigenvalue weighted by Gasteiger charge is -2.18. The van der Waals surface area contributed by atoms with E-state index in [1.165, 1.54) is 12.8 Å². The van der Waals surface area contributed by atoms with Crippen LogP contribution in [0.3, 0.4) is 0 Å². The number of ether oxygens (including phenoxy) is 3. The third-order valence-electron chi connectivity index (χ3n) is 2.53. The summed E-state index contributed by atoms with van der Waals surface area (Å²) in [6.07, 6.45) is 3.33. The van der Waals surface area contributed by atoms with Crippen molar-refractivity contribution in [2.24, 2.45) is 0 Å². The molecule has 0 radical (unpaired) electrons. The second-order valence-electron chi connectivity index (χ2n) is 3.92. The largest absolute Gasteiger partial charge is 0.508 e. The fourth-order valence-electron chi connectivity index (χ4n) is 1.16. The number of hydrogen-bond acceptors (Lipinski definition) is 4. The number of unbranched alkanes of at least 4 members (excludes halogenated alkanes) is 3. The van der Waals surface area contributed by atoms with Gasteiger partial charge in [-0.2, -0.15) is 0 Å². The molecular weight excluding hydrogens is 208 g/mol. The summed E-state index contributed by atoms with van der Waals surface area (Å²) in [4.78, 5) is 11.2. The van der Waals surface area contributed by atoms with E-state index in [-0.39, 0.29) is 12.2 Å². The molecule has 0 aromatic heterocycles. The summed E-state index contributed by atoms with van der Waals surface area (Å²) in [6.45, 7) is 6.21. The molecule has 0 fully saturated rings. The van der Waals surface area contributed by atoms with Crippen molar-refractivity contribution < 1.29 is 19.0 Å². The highest BCUT2D eigenvalue weighted by atomic mass is 16.7. The number of rotatable bonds is 8. The lowest BCUT2D eigenvalue weighted by atomic mass is 10.2. The lowest BCUT2D eigenvalue weighted by Crippen LogP contribution is -2.28. The van der Waals surface area contributed by atoms with Crippen molar-refractivity contribution in [3.05, 3.63) is 0 Å². The average Bonchev–Trinajstić information content (AvgIpc) is 2.27. The number of hydrogen-bond donors (Lipinski definition) is 0. The van der Waals surface area contributed by atoms with Gasteiger partial charge in [-0.15, -0.1) is 0 Å². The summed E-state index contributed by atoms with van der Waals surface area (Å²) in [5.41, 5.74) is 0. The molecule has 0 N–H and O–H groups in total. The Morgan fingerprint density at radius 2 is 1.81 bits per heavy atom. The summed E-state index contributed by atoms with van der Waals surface area (Å²) in [6, 6.07) is 0. The van der Waals surface area contributed by atoms with Crippen molar-refractivity contribution in [1.82, 2.24) is 0 Å². The molecule has 0 rings (SSSR count). The minimum Gasteiger partial charge on any atom is -0.434 e. The first-order chi connectivity index (χ1) is 7.61. The quantitative estimate of drug-likeness (QED) is 0.476. The Morgan fingerprint density at radius 1 is 1.12 bits per heavy atom. The number of carbonyl (C=O) groups is 1. The summed E-state index contributed by atoms with van der Waals surface area (Å²) in [7, 11) is 1.58. The topological polar surface area (TPSA) is 44.8 Å². The van der Waals surface area contributed by atoms with E-state index in [4.69, 9.17) is 14.2 Å². The summed E-state index contributed by atoms with van der Waals surface area (Å²) in [5, 5.41) is 0. The zero-order valence-corrected chi connectivity index (χ0v) is 10.8. The van der Waals surface area contributed by atoms with Crippen LogP contribution < -0.4 is 0 Å². The van der Waals surface area contributed by atoms with Gasteiger partial charge in [-0.25, -0.2) is 4.79 Å². The molecule has 0 aliphatic rings. The molecule has 0 spiro atoms. The molecule has 2 unspecified atom stereocenters. The van der Waals surface area contributed by atoms with E-state index >= 15 is 0 Å².